The van der Waals surface area contributed by atoms with Crippen LogP contribution in [0, 0.1) is 0 Å². The Labute approximate surface area is 125 Å². The summed E-state index contributed by atoms with van der Waals surface area (Å²) in [5.41, 5.74) is 1.79. The Morgan fingerprint density at radius 2 is 2.19 bits per heavy atom. The third-order valence-electron chi connectivity index (χ3n) is 3.32. The lowest BCUT2D eigenvalue weighted by molar-refractivity contribution is -0.136. The number of esters is 1. The maximum Gasteiger partial charge on any atom is 0.338 e. The molecule has 8 heteroatoms. The maximum absolute atomic E-state index is 12.2. The predicted molar refractivity (Wildman–Crippen MR) is 75.7 cm³/mol. The number of halogens is 1. The van der Waals surface area contributed by atoms with Crippen LogP contribution < -0.4 is 5.32 Å². The molecule has 1 aliphatic rings. The van der Waals surface area contributed by atoms with E-state index in [4.69, 9.17) is 16.3 Å². The Morgan fingerprint density at radius 1 is 1.43 bits per heavy atom. The van der Waals surface area contributed by atoms with Crippen LogP contribution in [0.25, 0.3) is 0 Å². The Hall–Kier alpha value is -2.41. The molecule has 0 spiro atoms. The normalized spacial score (nSPS) is 17.2. The van der Waals surface area contributed by atoms with E-state index < -0.39 is 12.0 Å². The molecule has 0 amide bonds. The number of rotatable bonds is 2. The lowest BCUT2D eigenvalue weighted by Gasteiger charge is -2.27. The average Bonchev–Trinajstić information content (AvgIpc) is 2.93. The molecular formula is C13H12ClN5O2. The molecule has 0 fully saturated rings. The zero-order valence-electron chi connectivity index (χ0n) is 11.4. The van der Waals surface area contributed by atoms with Crippen LogP contribution in [0.1, 0.15) is 18.5 Å². The SMILES string of the molecule is COC(=O)C1=C(C)Nc2nnnn2[C@H]1c1ccccc1Cl. The number of ether oxygens (including phenoxy) is 1. The van der Waals surface area contributed by atoms with E-state index in [-0.39, 0.29) is 0 Å². The molecule has 1 atom stereocenters. The lowest BCUT2D eigenvalue weighted by Crippen LogP contribution is -2.29. The molecule has 2 heterocycles. The minimum atomic E-state index is -0.530. The highest BCUT2D eigenvalue weighted by molar-refractivity contribution is 6.31. The van der Waals surface area contributed by atoms with Crippen molar-refractivity contribution in [1.29, 1.82) is 0 Å². The van der Waals surface area contributed by atoms with Crippen LogP contribution in [-0.2, 0) is 9.53 Å². The van der Waals surface area contributed by atoms with Gasteiger partial charge in [-0.3, -0.25) is 0 Å². The monoisotopic (exact) mass is 305 g/mol. The first-order valence-corrected chi connectivity index (χ1v) is 6.59. The molecule has 1 aromatic carbocycles. The van der Waals surface area contributed by atoms with E-state index in [1.807, 2.05) is 18.2 Å². The summed E-state index contributed by atoms with van der Waals surface area (Å²) in [6, 6.07) is 6.73. The van der Waals surface area contributed by atoms with Gasteiger partial charge in [-0.2, -0.15) is 4.68 Å². The summed E-state index contributed by atoms with van der Waals surface area (Å²) in [4.78, 5) is 12.2. The van der Waals surface area contributed by atoms with Crippen LogP contribution >= 0.6 is 11.6 Å². The molecule has 1 aromatic heterocycles. The van der Waals surface area contributed by atoms with Crippen LogP contribution in [-0.4, -0.2) is 33.3 Å². The molecule has 1 N–H and O–H groups in total. The Kier molecular flexibility index (Phi) is 3.34. The van der Waals surface area contributed by atoms with Crippen LogP contribution in [0.3, 0.4) is 0 Å². The zero-order valence-corrected chi connectivity index (χ0v) is 12.1. The number of hydrogen-bond acceptors (Lipinski definition) is 6. The van der Waals surface area contributed by atoms with Gasteiger partial charge in [-0.1, -0.05) is 34.9 Å². The first-order chi connectivity index (χ1) is 10.1. The van der Waals surface area contributed by atoms with E-state index in [0.29, 0.717) is 22.2 Å². The summed E-state index contributed by atoms with van der Waals surface area (Å²) >= 11 is 6.27. The summed E-state index contributed by atoms with van der Waals surface area (Å²) in [5, 5.41) is 15.0. The highest BCUT2D eigenvalue weighted by Crippen LogP contribution is 2.37. The number of hydrogen-bond donors (Lipinski definition) is 1. The summed E-state index contributed by atoms with van der Waals surface area (Å²) in [6.07, 6.45) is 0. The van der Waals surface area contributed by atoms with E-state index in [1.165, 1.54) is 11.8 Å². The van der Waals surface area contributed by atoms with Gasteiger partial charge < -0.3 is 10.1 Å². The van der Waals surface area contributed by atoms with Crippen LogP contribution in [0.5, 0.6) is 0 Å². The Morgan fingerprint density at radius 3 is 2.90 bits per heavy atom. The molecule has 21 heavy (non-hydrogen) atoms. The molecule has 0 bridgehead atoms. The third kappa shape index (κ3) is 2.15. The Bertz CT molecular complexity index is 740. The molecule has 0 saturated carbocycles. The summed E-state index contributed by atoms with van der Waals surface area (Å²) in [7, 11) is 1.33. The van der Waals surface area contributed by atoms with Crippen molar-refractivity contribution in [2.75, 3.05) is 12.4 Å². The summed E-state index contributed by atoms with van der Waals surface area (Å²) in [5.74, 6) is -0.00357. The first-order valence-electron chi connectivity index (χ1n) is 6.22. The number of allylic oxidation sites excluding steroid dienone is 1. The van der Waals surface area contributed by atoms with Gasteiger partial charge in [0.25, 0.3) is 0 Å². The quantitative estimate of drug-likeness (QED) is 0.852. The maximum atomic E-state index is 12.2. The van der Waals surface area contributed by atoms with E-state index >= 15 is 0 Å². The minimum Gasteiger partial charge on any atom is -0.466 e. The Balaban J connectivity index is 2.23. The number of nitrogens with zero attached hydrogens (tertiary/aromatic N) is 4. The van der Waals surface area contributed by atoms with E-state index in [0.717, 1.165) is 5.56 Å². The van der Waals surface area contributed by atoms with E-state index in [1.54, 1.807) is 13.0 Å². The number of nitrogens with one attached hydrogen (secondary N) is 1. The van der Waals surface area contributed by atoms with Gasteiger partial charge in [-0.15, -0.1) is 0 Å². The smallest absolute Gasteiger partial charge is 0.338 e. The summed E-state index contributed by atoms with van der Waals surface area (Å²) in [6.45, 7) is 1.77. The van der Waals surface area contributed by atoms with Gasteiger partial charge in [0.2, 0.25) is 5.95 Å². The largest absolute Gasteiger partial charge is 0.466 e. The average molecular weight is 306 g/mol. The second-order valence-corrected chi connectivity index (χ2v) is 4.93. The molecule has 0 unspecified atom stereocenters. The van der Waals surface area contributed by atoms with Crippen LogP contribution in [0.4, 0.5) is 5.95 Å². The van der Waals surface area contributed by atoms with Crippen LogP contribution in [0.2, 0.25) is 5.02 Å². The van der Waals surface area contributed by atoms with E-state index in [2.05, 4.69) is 20.8 Å². The minimum absolute atomic E-state index is 0.422. The molecular weight excluding hydrogens is 294 g/mol. The highest BCUT2D eigenvalue weighted by Gasteiger charge is 2.35. The van der Waals surface area contributed by atoms with Crippen molar-refractivity contribution in [2.45, 2.75) is 13.0 Å². The number of fused-ring (bicyclic) bond motifs is 1. The molecule has 7 nitrogen and oxygen atoms in total. The van der Waals surface area contributed by atoms with Crippen molar-refractivity contribution in [3.63, 3.8) is 0 Å². The fraction of sp³-hybridized carbons (Fsp3) is 0.231. The van der Waals surface area contributed by atoms with Gasteiger partial charge in [-0.25, -0.2) is 4.79 Å². The standard InChI is InChI=1S/C13H12ClN5O2/c1-7-10(12(20)21-2)11(8-5-3-4-6-9(8)14)19-13(15-7)16-17-18-19/h3-6,11H,1-2H3,(H,15,16,18)/t11-/m0/s1. The van der Waals surface area contributed by atoms with Gasteiger partial charge in [0, 0.05) is 16.3 Å². The number of aromatic nitrogens is 4. The van der Waals surface area contributed by atoms with E-state index in [9.17, 15) is 4.79 Å². The third-order valence-corrected chi connectivity index (χ3v) is 3.66. The summed E-state index contributed by atoms with van der Waals surface area (Å²) < 4.78 is 6.40. The van der Waals surface area contributed by atoms with Gasteiger partial charge in [0.1, 0.15) is 6.04 Å². The molecule has 0 radical (unpaired) electrons. The molecule has 3 rings (SSSR count). The topological polar surface area (TPSA) is 81.9 Å². The first kappa shape index (κ1) is 13.6. The number of carbonyl (C=O) groups is 1. The fourth-order valence-corrected chi connectivity index (χ4v) is 2.61. The molecule has 1 aliphatic heterocycles. The number of methoxy groups -OCH3 is 1. The predicted octanol–water partition coefficient (Wildman–Crippen LogP) is 1.79. The molecule has 0 aliphatic carbocycles. The molecule has 108 valence electrons. The second-order valence-electron chi connectivity index (χ2n) is 4.53. The number of benzene rings is 1. The van der Waals surface area contributed by atoms with Gasteiger partial charge in [0.05, 0.1) is 12.7 Å². The number of tetrazole rings is 1. The second kappa shape index (κ2) is 5.17. The van der Waals surface area contributed by atoms with Gasteiger partial charge in [0.15, 0.2) is 0 Å². The van der Waals surface area contributed by atoms with Crippen LogP contribution in [0.15, 0.2) is 35.5 Å². The van der Waals surface area contributed by atoms with Gasteiger partial charge in [-0.05, 0) is 23.4 Å². The van der Waals surface area contributed by atoms with Gasteiger partial charge >= 0.3 is 5.97 Å². The van der Waals surface area contributed by atoms with Crippen molar-refractivity contribution in [1.82, 2.24) is 20.2 Å². The van der Waals surface area contributed by atoms with Crippen molar-refractivity contribution >= 4 is 23.5 Å². The number of anilines is 1. The lowest BCUT2D eigenvalue weighted by atomic mass is 9.96. The zero-order chi connectivity index (χ0) is 15.0. The van der Waals surface area contributed by atoms with Crippen molar-refractivity contribution < 1.29 is 9.53 Å². The number of carbonyl (C=O) groups excluding carboxylic acids is 1. The fourth-order valence-electron chi connectivity index (χ4n) is 2.37. The van der Waals surface area contributed by atoms with Crippen molar-refractivity contribution in [3.05, 3.63) is 46.1 Å². The highest BCUT2D eigenvalue weighted by atomic mass is 35.5. The molecule has 2 aromatic rings. The van der Waals surface area contributed by atoms with Crippen molar-refractivity contribution in [2.24, 2.45) is 0 Å². The van der Waals surface area contributed by atoms with Crippen molar-refractivity contribution in [3.8, 4) is 0 Å². The molecule has 0 saturated heterocycles.